The van der Waals surface area contributed by atoms with Crippen LogP contribution in [0.15, 0.2) is 23.4 Å². The fraction of sp³-hybridized carbons (Fsp3) is 0.364. The van der Waals surface area contributed by atoms with Gasteiger partial charge in [-0.2, -0.15) is 4.98 Å². The molecule has 0 aromatic carbocycles. The molecule has 0 saturated carbocycles. The second-order valence-corrected chi connectivity index (χ2v) is 4.93. The van der Waals surface area contributed by atoms with Crippen LogP contribution in [-0.4, -0.2) is 33.6 Å². The highest BCUT2D eigenvalue weighted by molar-refractivity contribution is 6.33. The third kappa shape index (κ3) is 2.15. The van der Waals surface area contributed by atoms with E-state index < -0.39 is 0 Å². The normalized spacial score (nSPS) is 18.6. The molecule has 3 heterocycles. The van der Waals surface area contributed by atoms with E-state index in [1.54, 1.807) is 18.3 Å². The predicted octanol–water partition coefficient (Wildman–Crippen LogP) is 2.05. The van der Waals surface area contributed by atoms with Crippen molar-refractivity contribution in [2.45, 2.75) is 6.42 Å². The molecule has 3 rings (SSSR count). The molecule has 1 saturated heterocycles. The number of fused-ring (bicyclic) bond motifs is 1. The summed E-state index contributed by atoms with van der Waals surface area (Å²) in [7, 11) is 0. The molecular weight excluding hydrogens is 282 g/mol. The van der Waals surface area contributed by atoms with Gasteiger partial charge in [0.2, 0.25) is 5.91 Å². The van der Waals surface area contributed by atoms with Crippen LogP contribution in [0.5, 0.6) is 0 Å². The summed E-state index contributed by atoms with van der Waals surface area (Å²) in [5.41, 5.74) is 8.83. The number of amides is 1. The van der Waals surface area contributed by atoms with Crippen molar-refractivity contribution in [1.29, 1.82) is 0 Å². The summed E-state index contributed by atoms with van der Waals surface area (Å²) < 4.78 is 1.53. The lowest BCUT2D eigenvalue weighted by atomic mass is 10.1. The molecule has 1 unspecified atom stereocenters. The van der Waals surface area contributed by atoms with Crippen molar-refractivity contribution in [3.8, 4) is 0 Å². The first kappa shape index (κ1) is 12.7. The molecule has 0 spiro atoms. The Balaban J connectivity index is 1.89. The third-order valence-electron chi connectivity index (χ3n) is 3.15. The number of azide groups is 1. The van der Waals surface area contributed by atoms with Crippen LogP contribution in [-0.2, 0) is 4.79 Å². The molecular formula is C11H10ClN7O. The van der Waals surface area contributed by atoms with Gasteiger partial charge in [-0.3, -0.25) is 9.69 Å². The van der Waals surface area contributed by atoms with E-state index in [2.05, 4.69) is 20.1 Å². The van der Waals surface area contributed by atoms with Crippen LogP contribution < -0.4 is 4.90 Å². The summed E-state index contributed by atoms with van der Waals surface area (Å²) in [4.78, 5) is 20.5. The van der Waals surface area contributed by atoms with Gasteiger partial charge in [0, 0.05) is 30.6 Å². The lowest BCUT2D eigenvalue weighted by Gasteiger charge is -2.10. The van der Waals surface area contributed by atoms with E-state index in [0.29, 0.717) is 36.1 Å². The molecule has 0 N–H and O–H groups in total. The van der Waals surface area contributed by atoms with Gasteiger partial charge >= 0.3 is 0 Å². The topological polar surface area (TPSA) is 99.3 Å². The van der Waals surface area contributed by atoms with Crippen LogP contribution in [0.4, 0.5) is 5.95 Å². The molecule has 0 aliphatic carbocycles. The lowest BCUT2D eigenvalue weighted by molar-refractivity contribution is -0.117. The first-order valence-electron chi connectivity index (χ1n) is 6.01. The van der Waals surface area contributed by atoms with Gasteiger partial charge in [0.15, 0.2) is 5.65 Å². The second-order valence-electron chi connectivity index (χ2n) is 4.52. The zero-order valence-corrected chi connectivity index (χ0v) is 11.1. The molecule has 1 aliphatic heterocycles. The molecule has 1 amide bonds. The van der Waals surface area contributed by atoms with Gasteiger partial charge in [-0.15, -0.1) is 5.10 Å². The highest BCUT2D eigenvalue weighted by atomic mass is 35.5. The fourth-order valence-corrected chi connectivity index (χ4v) is 2.43. The van der Waals surface area contributed by atoms with Crippen LogP contribution in [0.25, 0.3) is 16.1 Å². The van der Waals surface area contributed by atoms with E-state index in [0.717, 1.165) is 0 Å². The van der Waals surface area contributed by atoms with E-state index in [-0.39, 0.29) is 11.8 Å². The Kier molecular flexibility index (Phi) is 3.17. The van der Waals surface area contributed by atoms with E-state index >= 15 is 0 Å². The molecule has 20 heavy (non-hydrogen) atoms. The Morgan fingerprint density at radius 3 is 3.20 bits per heavy atom. The molecule has 1 fully saturated rings. The molecule has 1 atom stereocenters. The lowest BCUT2D eigenvalue weighted by Crippen LogP contribution is -2.26. The van der Waals surface area contributed by atoms with Crippen molar-refractivity contribution in [3.63, 3.8) is 0 Å². The van der Waals surface area contributed by atoms with Crippen molar-refractivity contribution in [2.24, 2.45) is 11.0 Å². The maximum absolute atomic E-state index is 12.0. The summed E-state index contributed by atoms with van der Waals surface area (Å²) in [6.45, 7) is 0.749. The number of pyridine rings is 1. The molecule has 9 heteroatoms. The number of nitrogens with zero attached hydrogens (tertiary/aromatic N) is 7. The van der Waals surface area contributed by atoms with Gasteiger partial charge in [0.25, 0.3) is 5.95 Å². The monoisotopic (exact) mass is 291 g/mol. The Morgan fingerprint density at radius 1 is 1.60 bits per heavy atom. The highest BCUT2D eigenvalue weighted by Gasteiger charge is 2.32. The summed E-state index contributed by atoms with van der Waals surface area (Å²) >= 11 is 6.03. The van der Waals surface area contributed by atoms with Gasteiger partial charge in [0.1, 0.15) is 0 Å². The number of hydrogen-bond donors (Lipinski definition) is 0. The van der Waals surface area contributed by atoms with E-state index in [9.17, 15) is 4.79 Å². The molecule has 8 nitrogen and oxygen atoms in total. The minimum Gasteiger partial charge on any atom is -0.279 e. The smallest absolute Gasteiger partial charge is 0.252 e. The van der Waals surface area contributed by atoms with Gasteiger partial charge in [-0.25, -0.2) is 4.52 Å². The number of rotatable bonds is 3. The standard InChI is InChI=1S/C11H10ClN7O/c12-8-2-1-3-19-10(8)15-11(16-19)18-6-7(4-9(18)20)5-14-17-13/h1-3,7H,4-6H2. The second kappa shape index (κ2) is 4.99. The van der Waals surface area contributed by atoms with Crippen LogP contribution >= 0.6 is 11.6 Å². The summed E-state index contributed by atoms with van der Waals surface area (Å²) in [5.74, 6) is 0.252. The molecule has 2 aromatic rings. The quantitative estimate of drug-likeness (QED) is 0.491. The predicted molar refractivity (Wildman–Crippen MR) is 72.5 cm³/mol. The Labute approximate surface area is 118 Å². The third-order valence-corrected chi connectivity index (χ3v) is 3.45. The van der Waals surface area contributed by atoms with Crippen molar-refractivity contribution in [1.82, 2.24) is 14.6 Å². The summed E-state index contributed by atoms with van der Waals surface area (Å²) in [5, 5.41) is 8.23. The van der Waals surface area contributed by atoms with Crippen LogP contribution in [0.1, 0.15) is 6.42 Å². The SMILES string of the molecule is [N-]=[N+]=NCC1CC(=O)N(c2nc3c(Cl)cccn3n2)C1. The minimum atomic E-state index is -0.0739. The van der Waals surface area contributed by atoms with Crippen molar-refractivity contribution in [2.75, 3.05) is 18.0 Å². The fourth-order valence-electron chi connectivity index (χ4n) is 2.23. The van der Waals surface area contributed by atoms with Crippen molar-refractivity contribution >= 4 is 29.1 Å². The number of carbonyl (C=O) groups is 1. The zero-order chi connectivity index (χ0) is 14.1. The molecule has 1 aliphatic rings. The number of carbonyl (C=O) groups excluding carboxylic acids is 1. The van der Waals surface area contributed by atoms with Gasteiger partial charge < -0.3 is 0 Å². The Hall–Kier alpha value is -2.31. The van der Waals surface area contributed by atoms with Gasteiger partial charge in [0.05, 0.1) is 5.02 Å². The summed E-state index contributed by atoms with van der Waals surface area (Å²) in [6.07, 6.45) is 2.05. The van der Waals surface area contributed by atoms with Crippen molar-refractivity contribution in [3.05, 3.63) is 33.8 Å². The molecule has 0 bridgehead atoms. The largest absolute Gasteiger partial charge is 0.279 e. The molecule has 2 aromatic heterocycles. The number of aromatic nitrogens is 3. The summed E-state index contributed by atoms with van der Waals surface area (Å²) in [6, 6.07) is 3.47. The molecule has 102 valence electrons. The average molecular weight is 292 g/mol. The minimum absolute atomic E-state index is 0.000448. The van der Waals surface area contributed by atoms with E-state index in [4.69, 9.17) is 17.1 Å². The van der Waals surface area contributed by atoms with Crippen LogP contribution in [0.2, 0.25) is 5.02 Å². The maximum atomic E-state index is 12.0. The zero-order valence-electron chi connectivity index (χ0n) is 10.3. The average Bonchev–Trinajstić information content (AvgIpc) is 3.00. The Morgan fingerprint density at radius 2 is 2.45 bits per heavy atom. The number of hydrogen-bond acceptors (Lipinski definition) is 4. The van der Waals surface area contributed by atoms with E-state index in [1.807, 2.05) is 0 Å². The first-order chi connectivity index (χ1) is 9.69. The Bertz CT molecular complexity index is 721. The van der Waals surface area contributed by atoms with Crippen molar-refractivity contribution < 1.29 is 4.79 Å². The van der Waals surface area contributed by atoms with Gasteiger partial charge in [-0.05, 0) is 23.6 Å². The van der Waals surface area contributed by atoms with Crippen LogP contribution in [0, 0.1) is 5.92 Å². The number of anilines is 1. The van der Waals surface area contributed by atoms with E-state index in [1.165, 1.54) is 9.42 Å². The van der Waals surface area contributed by atoms with Gasteiger partial charge in [-0.1, -0.05) is 16.7 Å². The first-order valence-corrected chi connectivity index (χ1v) is 6.39. The van der Waals surface area contributed by atoms with Crippen LogP contribution in [0.3, 0.4) is 0 Å². The molecule has 0 radical (unpaired) electrons. The highest BCUT2D eigenvalue weighted by Crippen LogP contribution is 2.24. The maximum Gasteiger partial charge on any atom is 0.252 e. The number of halogens is 1.